The van der Waals surface area contributed by atoms with E-state index >= 15 is 0 Å². The molecule has 3 N–H and O–H groups in total. The molecule has 0 spiro atoms. The number of halogens is 1. The van der Waals surface area contributed by atoms with Gasteiger partial charge in [-0.3, -0.25) is 4.79 Å². The first-order valence-corrected chi connectivity index (χ1v) is 8.00. The van der Waals surface area contributed by atoms with Crippen molar-refractivity contribution < 1.29 is 9.90 Å². The van der Waals surface area contributed by atoms with Gasteiger partial charge in [0.2, 0.25) is 5.91 Å². The van der Waals surface area contributed by atoms with E-state index in [0.717, 1.165) is 17.7 Å². The van der Waals surface area contributed by atoms with Gasteiger partial charge in [-0.2, -0.15) is 0 Å². The second-order valence-electron chi connectivity index (χ2n) is 6.31. The molecule has 2 aromatic carbocycles. The number of rotatable bonds is 6. The molecule has 3 rings (SSSR count). The minimum atomic E-state index is 0. The quantitative estimate of drug-likeness (QED) is 0.788. The second kappa shape index (κ2) is 8.06. The predicted molar refractivity (Wildman–Crippen MR) is 98.1 cm³/mol. The minimum Gasteiger partial charge on any atom is -0.508 e. The van der Waals surface area contributed by atoms with Gasteiger partial charge in [0.25, 0.3) is 0 Å². The maximum atomic E-state index is 12.7. The van der Waals surface area contributed by atoms with E-state index in [-0.39, 0.29) is 24.1 Å². The number of nitrogen functional groups attached to an aromatic ring is 1. The number of aromatic hydroxyl groups is 1. The first-order chi connectivity index (χ1) is 11.1. The number of hydrogen-bond acceptors (Lipinski definition) is 3. The van der Waals surface area contributed by atoms with Gasteiger partial charge in [-0.1, -0.05) is 24.3 Å². The summed E-state index contributed by atoms with van der Waals surface area (Å²) in [4.78, 5) is 14.6. The molecule has 0 aliphatic heterocycles. The summed E-state index contributed by atoms with van der Waals surface area (Å²) in [5, 5.41) is 9.60. The Morgan fingerprint density at radius 3 is 2.46 bits per heavy atom. The molecule has 0 radical (unpaired) electrons. The number of nitrogens with zero attached hydrogens (tertiary/aromatic N) is 1. The SMILES string of the molecule is Cl.Nc1ccc(CC(=O)N(Cc2cccc(O)c2)CC2CC2)cc1. The average molecular weight is 347 g/mol. The molecule has 0 atom stereocenters. The fourth-order valence-corrected chi connectivity index (χ4v) is 2.66. The molecule has 1 saturated carbocycles. The highest BCUT2D eigenvalue weighted by molar-refractivity contribution is 5.85. The van der Waals surface area contributed by atoms with Crippen LogP contribution in [0.15, 0.2) is 48.5 Å². The van der Waals surface area contributed by atoms with Crippen LogP contribution in [0.4, 0.5) is 5.69 Å². The number of amides is 1. The van der Waals surface area contributed by atoms with Crippen molar-refractivity contribution in [1.29, 1.82) is 0 Å². The molecule has 1 amide bonds. The van der Waals surface area contributed by atoms with Crippen molar-refractivity contribution in [1.82, 2.24) is 4.90 Å². The topological polar surface area (TPSA) is 66.6 Å². The van der Waals surface area contributed by atoms with Gasteiger partial charge in [-0.15, -0.1) is 12.4 Å². The summed E-state index contributed by atoms with van der Waals surface area (Å²) >= 11 is 0. The van der Waals surface area contributed by atoms with E-state index < -0.39 is 0 Å². The van der Waals surface area contributed by atoms with Crippen LogP contribution in [0.5, 0.6) is 5.75 Å². The highest BCUT2D eigenvalue weighted by Crippen LogP contribution is 2.30. The Morgan fingerprint density at radius 1 is 1.12 bits per heavy atom. The Hall–Kier alpha value is -2.20. The fourth-order valence-electron chi connectivity index (χ4n) is 2.66. The molecule has 0 saturated heterocycles. The molecule has 2 aromatic rings. The smallest absolute Gasteiger partial charge is 0.227 e. The lowest BCUT2D eigenvalue weighted by Gasteiger charge is -2.23. The van der Waals surface area contributed by atoms with Gasteiger partial charge in [0, 0.05) is 18.8 Å². The van der Waals surface area contributed by atoms with Gasteiger partial charge in [0.05, 0.1) is 6.42 Å². The van der Waals surface area contributed by atoms with E-state index in [1.165, 1.54) is 12.8 Å². The molecular formula is C19H23ClN2O2. The van der Waals surface area contributed by atoms with Crippen LogP contribution in [-0.2, 0) is 17.8 Å². The van der Waals surface area contributed by atoms with Crippen LogP contribution >= 0.6 is 12.4 Å². The Balaban J connectivity index is 0.00000208. The normalized spacial score (nSPS) is 13.2. The molecule has 1 fully saturated rings. The van der Waals surface area contributed by atoms with Crippen molar-refractivity contribution in [3.05, 3.63) is 59.7 Å². The van der Waals surface area contributed by atoms with Crippen molar-refractivity contribution in [3.63, 3.8) is 0 Å². The molecule has 4 nitrogen and oxygen atoms in total. The van der Waals surface area contributed by atoms with E-state index in [1.54, 1.807) is 12.1 Å². The number of phenolic OH excluding ortho intramolecular Hbond substituents is 1. The van der Waals surface area contributed by atoms with E-state index in [0.29, 0.717) is 24.6 Å². The highest BCUT2D eigenvalue weighted by atomic mass is 35.5. The van der Waals surface area contributed by atoms with Crippen LogP contribution in [0.25, 0.3) is 0 Å². The summed E-state index contributed by atoms with van der Waals surface area (Å²) in [6, 6.07) is 14.6. The van der Waals surface area contributed by atoms with Crippen molar-refractivity contribution in [3.8, 4) is 5.75 Å². The van der Waals surface area contributed by atoms with Crippen LogP contribution in [0, 0.1) is 5.92 Å². The molecule has 128 valence electrons. The third kappa shape index (κ3) is 5.17. The van der Waals surface area contributed by atoms with E-state index in [9.17, 15) is 9.90 Å². The molecule has 24 heavy (non-hydrogen) atoms. The molecular weight excluding hydrogens is 324 g/mol. The van der Waals surface area contributed by atoms with E-state index in [2.05, 4.69) is 0 Å². The van der Waals surface area contributed by atoms with Gasteiger partial charge in [-0.25, -0.2) is 0 Å². The Morgan fingerprint density at radius 2 is 1.83 bits per heavy atom. The van der Waals surface area contributed by atoms with Crippen LogP contribution in [-0.4, -0.2) is 22.5 Å². The van der Waals surface area contributed by atoms with E-state index in [4.69, 9.17) is 5.73 Å². The monoisotopic (exact) mass is 346 g/mol. The van der Waals surface area contributed by atoms with Gasteiger partial charge >= 0.3 is 0 Å². The lowest BCUT2D eigenvalue weighted by molar-refractivity contribution is -0.131. The molecule has 0 aromatic heterocycles. The molecule has 0 unspecified atom stereocenters. The zero-order valence-electron chi connectivity index (χ0n) is 13.5. The Kier molecular flexibility index (Phi) is 6.10. The first-order valence-electron chi connectivity index (χ1n) is 8.00. The van der Waals surface area contributed by atoms with Gasteiger partial charge < -0.3 is 15.7 Å². The molecule has 0 bridgehead atoms. The summed E-state index contributed by atoms with van der Waals surface area (Å²) in [6.07, 6.45) is 2.78. The third-order valence-electron chi connectivity index (χ3n) is 4.15. The summed E-state index contributed by atoms with van der Waals surface area (Å²) in [6.45, 7) is 1.34. The molecule has 1 aliphatic rings. The van der Waals surface area contributed by atoms with Crippen LogP contribution in [0.3, 0.4) is 0 Å². The Bertz CT molecular complexity index is 684. The maximum Gasteiger partial charge on any atom is 0.227 e. The number of carbonyl (C=O) groups is 1. The summed E-state index contributed by atoms with van der Waals surface area (Å²) < 4.78 is 0. The number of nitrogens with two attached hydrogens (primary N) is 1. The number of anilines is 1. The Labute approximate surface area is 148 Å². The van der Waals surface area contributed by atoms with Crippen LogP contribution in [0.1, 0.15) is 24.0 Å². The first kappa shape index (κ1) is 18.1. The lowest BCUT2D eigenvalue weighted by atomic mass is 10.1. The number of benzene rings is 2. The number of carbonyl (C=O) groups excluding carboxylic acids is 1. The predicted octanol–water partition coefficient (Wildman–Crippen LogP) is 3.38. The molecule has 5 heteroatoms. The average Bonchev–Trinajstić information content (AvgIpc) is 3.33. The van der Waals surface area contributed by atoms with Crippen LogP contribution in [0.2, 0.25) is 0 Å². The van der Waals surface area contributed by atoms with Crippen molar-refractivity contribution in [2.75, 3.05) is 12.3 Å². The molecule has 1 aliphatic carbocycles. The van der Waals surface area contributed by atoms with Crippen LogP contribution < -0.4 is 5.73 Å². The van der Waals surface area contributed by atoms with Crippen molar-refractivity contribution >= 4 is 24.0 Å². The maximum absolute atomic E-state index is 12.7. The second-order valence-corrected chi connectivity index (χ2v) is 6.31. The molecule has 0 heterocycles. The standard InChI is InChI=1S/C19H22N2O2.ClH/c20-17-8-6-14(7-9-17)11-19(23)21(12-15-4-5-15)13-16-2-1-3-18(22)10-16;/h1-3,6-10,15,22H,4-5,11-13,20H2;1H. The zero-order chi connectivity index (χ0) is 16.2. The van der Waals surface area contributed by atoms with Gasteiger partial charge in [0.1, 0.15) is 5.75 Å². The largest absolute Gasteiger partial charge is 0.508 e. The fraction of sp³-hybridized carbons (Fsp3) is 0.316. The lowest BCUT2D eigenvalue weighted by Crippen LogP contribution is -2.33. The summed E-state index contributed by atoms with van der Waals surface area (Å²) in [5.74, 6) is 0.979. The zero-order valence-corrected chi connectivity index (χ0v) is 14.3. The highest BCUT2D eigenvalue weighted by Gasteiger charge is 2.26. The number of phenols is 1. The number of hydrogen-bond donors (Lipinski definition) is 2. The van der Waals surface area contributed by atoms with Crippen molar-refractivity contribution in [2.24, 2.45) is 5.92 Å². The van der Waals surface area contributed by atoms with Gasteiger partial charge in [-0.05, 0) is 54.2 Å². The summed E-state index contributed by atoms with van der Waals surface area (Å²) in [7, 11) is 0. The van der Waals surface area contributed by atoms with Gasteiger partial charge in [0.15, 0.2) is 0 Å². The minimum absolute atomic E-state index is 0. The van der Waals surface area contributed by atoms with E-state index in [1.807, 2.05) is 41.3 Å². The van der Waals surface area contributed by atoms with Crippen molar-refractivity contribution in [2.45, 2.75) is 25.8 Å². The third-order valence-corrected chi connectivity index (χ3v) is 4.15. The summed E-state index contributed by atoms with van der Waals surface area (Å²) in [5.41, 5.74) is 8.32.